The van der Waals surface area contributed by atoms with Gasteiger partial charge in [-0.05, 0) is 52.4 Å². The van der Waals surface area contributed by atoms with Crippen LogP contribution in [0.1, 0.15) is 132 Å². The summed E-state index contributed by atoms with van der Waals surface area (Å²) in [4.78, 5) is 37.1. The second-order valence-corrected chi connectivity index (χ2v) is 10.3. The standard InChI is InChI=1S/C28H54O6/c1-9-15-17-23(13-5)25(29)31-21-27(7,19-11-3)33-34-28(8,20-12-4)22-32-26(30)24(14-6)18-16-10-2/h23-24H,9-22H2,1-8H3. The van der Waals surface area contributed by atoms with E-state index in [1.165, 1.54) is 0 Å². The molecular formula is C28H54O6. The molecular weight excluding hydrogens is 432 g/mol. The minimum absolute atomic E-state index is 0.0734. The maximum atomic E-state index is 12.6. The summed E-state index contributed by atoms with van der Waals surface area (Å²) >= 11 is 0. The Morgan fingerprint density at radius 3 is 1.24 bits per heavy atom. The van der Waals surface area contributed by atoms with Crippen LogP contribution in [-0.4, -0.2) is 36.4 Å². The molecule has 34 heavy (non-hydrogen) atoms. The van der Waals surface area contributed by atoms with Crippen molar-refractivity contribution in [3.63, 3.8) is 0 Å². The Balaban J connectivity index is 5.06. The van der Waals surface area contributed by atoms with Crippen LogP contribution in [0.2, 0.25) is 0 Å². The average molecular weight is 487 g/mol. The second-order valence-electron chi connectivity index (χ2n) is 10.3. The highest BCUT2D eigenvalue weighted by molar-refractivity contribution is 5.72. The average Bonchev–Trinajstić information content (AvgIpc) is 2.82. The van der Waals surface area contributed by atoms with Crippen molar-refractivity contribution in [1.29, 1.82) is 0 Å². The third-order valence-electron chi connectivity index (χ3n) is 6.51. The lowest BCUT2D eigenvalue weighted by Gasteiger charge is -2.34. The molecule has 0 aromatic carbocycles. The van der Waals surface area contributed by atoms with E-state index in [2.05, 4.69) is 27.7 Å². The fourth-order valence-electron chi connectivity index (χ4n) is 4.10. The number of unbranched alkanes of at least 4 members (excludes halogenated alkanes) is 2. The van der Waals surface area contributed by atoms with Crippen molar-refractivity contribution in [3.8, 4) is 0 Å². The summed E-state index contributed by atoms with van der Waals surface area (Å²) in [7, 11) is 0. The predicted molar refractivity (Wildman–Crippen MR) is 137 cm³/mol. The van der Waals surface area contributed by atoms with Crippen molar-refractivity contribution >= 4 is 11.9 Å². The topological polar surface area (TPSA) is 71.1 Å². The van der Waals surface area contributed by atoms with Crippen molar-refractivity contribution < 1.29 is 28.8 Å². The zero-order valence-electron chi connectivity index (χ0n) is 23.5. The van der Waals surface area contributed by atoms with Gasteiger partial charge in [0.1, 0.15) is 24.4 Å². The Labute approximate surface area is 209 Å². The number of rotatable bonds is 21. The highest BCUT2D eigenvalue weighted by Crippen LogP contribution is 2.27. The van der Waals surface area contributed by atoms with Gasteiger partial charge < -0.3 is 9.47 Å². The highest BCUT2D eigenvalue weighted by Gasteiger charge is 2.35. The summed E-state index contributed by atoms with van der Waals surface area (Å²) in [6.07, 6.45) is 10.5. The Morgan fingerprint density at radius 2 is 0.971 bits per heavy atom. The van der Waals surface area contributed by atoms with E-state index in [0.29, 0.717) is 12.8 Å². The van der Waals surface area contributed by atoms with Gasteiger partial charge in [-0.15, -0.1) is 0 Å². The third-order valence-corrected chi connectivity index (χ3v) is 6.51. The van der Waals surface area contributed by atoms with Crippen LogP contribution in [-0.2, 0) is 28.8 Å². The molecule has 0 N–H and O–H groups in total. The molecule has 0 saturated heterocycles. The van der Waals surface area contributed by atoms with Crippen LogP contribution in [0.4, 0.5) is 0 Å². The third kappa shape index (κ3) is 13.1. The molecule has 6 nitrogen and oxygen atoms in total. The monoisotopic (exact) mass is 486 g/mol. The van der Waals surface area contributed by atoms with Gasteiger partial charge in [0.05, 0.1) is 11.8 Å². The number of ether oxygens (including phenoxy) is 2. The SMILES string of the molecule is CCCCC(CC)C(=O)OCC(C)(CCC)OOC(C)(CCC)COC(=O)C(CC)CCCC. The van der Waals surface area contributed by atoms with E-state index in [0.717, 1.165) is 64.2 Å². The Morgan fingerprint density at radius 1 is 0.618 bits per heavy atom. The lowest BCUT2D eigenvalue weighted by atomic mass is 9.98. The normalized spacial score (nSPS) is 16.8. The predicted octanol–water partition coefficient (Wildman–Crippen LogP) is 7.57. The van der Waals surface area contributed by atoms with E-state index in [1.54, 1.807) is 0 Å². The lowest BCUT2D eigenvalue weighted by molar-refractivity contribution is -0.417. The van der Waals surface area contributed by atoms with E-state index >= 15 is 0 Å². The van der Waals surface area contributed by atoms with E-state index in [1.807, 2.05) is 27.7 Å². The van der Waals surface area contributed by atoms with Crippen LogP contribution in [0.25, 0.3) is 0 Å². The first-order valence-electron chi connectivity index (χ1n) is 13.8. The van der Waals surface area contributed by atoms with Gasteiger partial charge in [-0.25, -0.2) is 9.78 Å². The fraction of sp³-hybridized carbons (Fsp3) is 0.929. The zero-order chi connectivity index (χ0) is 26.0. The molecule has 0 spiro atoms. The molecule has 0 aliphatic carbocycles. The first-order valence-corrected chi connectivity index (χ1v) is 13.8. The van der Waals surface area contributed by atoms with Gasteiger partial charge >= 0.3 is 11.9 Å². The molecule has 0 bridgehead atoms. The van der Waals surface area contributed by atoms with Crippen LogP contribution in [0.5, 0.6) is 0 Å². The van der Waals surface area contributed by atoms with Gasteiger partial charge in [0, 0.05) is 0 Å². The smallest absolute Gasteiger partial charge is 0.309 e. The molecule has 0 fully saturated rings. The molecule has 0 amide bonds. The quantitative estimate of drug-likeness (QED) is 0.0946. The first-order chi connectivity index (χ1) is 16.1. The molecule has 6 heteroatoms. The molecule has 0 heterocycles. The molecule has 0 aromatic heterocycles. The summed E-state index contributed by atoms with van der Waals surface area (Å²) in [5.74, 6) is -0.471. The maximum absolute atomic E-state index is 12.6. The van der Waals surface area contributed by atoms with Crippen LogP contribution in [0, 0.1) is 11.8 Å². The van der Waals surface area contributed by atoms with Crippen LogP contribution in [0.3, 0.4) is 0 Å². The Hall–Kier alpha value is -1.14. The maximum Gasteiger partial charge on any atom is 0.309 e. The van der Waals surface area contributed by atoms with Crippen molar-refractivity contribution in [3.05, 3.63) is 0 Å². The van der Waals surface area contributed by atoms with Gasteiger partial charge in [0.15, 0.2) is 0 Å². The van der Waals surface area contributed by atoms with E-state index in [4.69, 9.17) is 19.2 Å². The number of carbonyl (C=O) groups excluding carboxylic acids is 2. The molecule has 0 aliphatic rings. The summed E-state index contributed by atoms with van der Waals surface area (Å²) in [6, 6.07) is 0. The number of carbonyl (C=O) groups is 2. The van der Waals surface area contributed by atoms with Crippen molar-refractivity contribution in [2.45, 2.75) is 144 Å². The number of esters is 2. The molecule has 202 valence electrons. The molecule has 0 aromatic rings. The van der Waals surface area contributed by atoms with Gasteiger partial charge in [0.2, 0.25) is 0 Å². The number of hydrogen-bond donors (Lipinski definition) is 0. The van der Waals surface area contributed by atoms with E-state index in [9.17, 15) is 9.59 Å². The van der Waals surface area contributed by atoms with Crippen molar-refractivity contribution in [2.75, 3.05) is 13.2 Å². The summed E-state index contributed by atoms with van der Waals surface area (Å²) in [6.45, 7) is 16.5. The summed E-state index contributed by atoms with van der Waals surface area (Å²) < 4.78 is 11.4. The minimum Gasteiger partial charge on any atom is -0.462 e. The zero-order valence-corrected chi connectivity index (χ0v) is 23.5. The number of hydrogen-bond acceptors (Lipinski definition) is 6. The molecule has 0 saturated carbocycles. The summed E-state index contributed by atoms with van der Waals surface area (Å²) in [5.41, 5.74) is -1.53. The Kier molecular flexibility index (Phi) is 17.6. The largest absolute Gasteiger partial charge is 0.462 e. The van der Waals surface area contributed by atoms with Crippen LogP contribution < -0.4 is 0 Å². The van der Waals surface area contributed by atoms with Crippen LogP contribution >= 0.6 is 0 Å². The second kappa shape index (κ2) is 18.2. The lowest BCUT2D eigenvalue weighted by Crippen LogP contribution is -2.43. The van der Waals surface area contributed by atoms with Gasteiger partial charge in [0.25, 0.3) is 0 Å². The first kappa shape index (κ1) is 32.9. The molecule has 4 atom stereocenters. The Bertz CT molecular complexity index is 503. The minimum atomic E-state index is -0.764. The fourth-order valence-corrected chi connectivity index (χ4v) is 4.10. The highest BCUT2D eigenvalue weighted by atomic mass is 17.2. The van der Waals surface area contributed by atoms with Crippen molar-refractivity contribution in [1.82, 2.24) is 0 Å². The molecule has 4 unspecified atom stereocenters. The van der Waals surface area contributed by atoms with E-state index in [-0.39, 0.29) is 37.0 Å². The van der Waals surface area contributed by atoms with Crippen LogP contribution in [0.15, 0.2) is 0 Å². The molecule has 0 radical (unpaired) electrons. The molecule has 0 rings (SSSR count). The van der Waals surface area contributed by atoms with Crippen molar-refractivity contribution in [2.24, 2.45) is 11.8 Å². The van der Waals surface area contributed by atoms with E-state index < -0.39 is 11.2 Å². The van der Waals surface area contributed by atoms with Gasteiger partial charge in [-0.2, -0.15) is 0 Å². The van der Waals surface area contributed by atoms with Gasteiger partial charge in [-0.3, -0.25) is 9.59 Å². The molecule has 0 aliphatic heterocycles. The summed E-state index contributed by atoms with van der Waals surface area (Å²) in [5, 5.41) is 0. The van der Waals surface area contributed by atoms with Gasteiger partial charge in [-0.1, -0.05) is 80.1 Å².